The van der Waals surface area contributed by atoms with Crippen molar-refractivity contribution in [3.8, 4) is 0 Å². The molecule has 1 aliphatic heterocycles. The van der Waals surface area contributed by atoms with Crippen LogP contribution in [0.15, 0.2) is 29.2 Å². The molecule has 18 heavy (non-hydrogen) atoms. The van der Waals surface area contributed by atoms with Crippen molar-refractivity contribution in [2.24, 2.45) is 0 Å². The minimum absolute atomic E-state index is 0.148. The predicted molar refractivity (Wildman–Crippen MR) is 75.9 cm³/mol. The van der Waals surface area contributed by atoms with E-state index < -0.39 is 0 Å². The van der Waals surface area contributed by atoms with Crippen LogP contribution < -0.4 is 10.6 Å². The molecule has 0 aliphatic carbocycles. The van der Waals surface area contributed by atoms with Crippen LogP contribution in [0.5, 0.6) is 0 Å². The maximum Gasteiger partial charge on any atom is 0.230 e. The Morgan fingerprint density at radius 2 is 2.11 bits per heavy atom. The van der Waals surface area contributed by atoms with E-state index in [2.05, 4.69) is 29.7 Å². The summed E-state index contributed by atoms with van der Waals surface area (Å²) >= 11 is 1.62. The number of hydrogen-bond donors (Lipinski definition) is 2. The second kappa shape index (κ2) is 6.81. The molecule has 2 N–H and O–H groups in total. The Balaban J connectivity index is 1.76. The molecule has 0 atom stereocenters. The molecule has 98 valence electrons. The van der Waals surface area contributed by atoms with Crippen LogP contribution >= 0.6 is 11.8 Å². The van der Waals surface area contributed by atoms with E-state index in [-0.39, 0.29) is 5.91 Å². The fourth-order valence-electron chi connectivity index (χ4n) is 2.10. The molecule has 1 heterocycles. The van der Waals surface area contributed by atoms with Gasteiger partial charge < -0.3 is 10.6 Å². The highest BCUT2D eigenvalue weighted by atomic mass is 32.2. The van der Waals surface area contributed by atoms with Crippen LogP contribution in [-0.2, 0) is 4.79 Å². The topological polar surface area (TPSA) is 41.1 Å². The average Bonchev–Trinajstić information content (AvgIpc) is 2.39. The minimum atomic E-state index is 0.148. The van der Waals surface area contributed by atoms with Gasteiger partial charge in [-0.1, -0.05) is 18.2 Å². The number of carbonyl (C=O) groups excluding carboxylic acids is 1. The van der Waals surface area contributed by atoms with E-state index in [1.807, 2.05) is 12.1 Å². The first-order chi connectivity index (χ1) is 8.75. The zero-order valence-corrected chi connectivity index (χ0v) is 11.6. The predicted octanol–water partition coefficient (Wildman–Crippen LogP) is 1.96. The monoisotopic (exact) mass is 264 g/mol. The number of thioether (sulfide) groups is 1. The van der Waals surface area contributed by atoms with Crippen molar-refractivity contribution in [2.75, 3.05) is 18.8 Å². The van der Waals surface area contributed by atoms with Crippen LogP contribution in [0.3, 0.4) is 0 Å². The first-order valence-corrected chi connectivity index (χ1v) is 7.43. The van der Waals surface area contributed by atoms with Crippen molar-refractivity contribution < 1.29 is 4.79 Å². The molecule has 0 saturated carbocycles. The number of benzene rings is 1. The summed E-state index contributed by atoms with van der Waals surface area (Å²) in [5, 5.41) is 6.41. The van der Waals surface area contributed by atoms with E-state index in [4.69, 9.17) is 0 Å². The lowest BCUT2D eigenvalue weighted by Gasteiger charge is -2.23. The van der Waals surface area contributed by atoms with Crippen molar-refractivity contribution in [3.63, 3.8) is 0 Å². The van der Waals surface area contributed by atoms with E-state index >= 15 is 0 Å². The van der Waals surface area contributed by atoms with Gasteiger partial charge in [-0.15, -0.1) is 11.8 Å². The molecule has 3 nitrogen and oxygen atoms in total. The maximum absolute atomic E-state index is 11.8. The van der Waals surface area contributed by atoms with Gasteiger partial charge in [-0.25, -0.2) is 0 Å². The van der Waals surface area contributed by atoms with E-state index in [0.717, 1.165) is 25.9 Å². The molecule has 1 saturated heterocycles. The fraction of sp³-hybridized carbons (Fsp3) is 0.500. The van der Waals surface area contributed by atoms with Crippen LogP contribution in [-0.4, -0.2) is 30.8 Å². The Kier molecular flexibility index (Phi) is 5.08. The molecule has 4 heteroatoms. The van der Waals surface area contributed by atoms with Gasteiger partial charge in [-0.05, 0) is 44.5 Å². The lowest BCUT2D eigenvalue weighted by molar-refractivity contribution is -0.119. The second-order valence-corrected chi connectivity index (χ2v) is 5.66. The summed E-state index contributed by atoms with van der Waals surface area (Å²) in [4.78, 5) is 13.0. The molecule has 0 bridgehead atoms. The zero-order valence-electron chi connectivity index (χ0n) is 10.7. The molecular weight excluding hydrogens is 244 g/mol. The number of hydrogen-bond acceptors (Lipinski definition) is 3. The molecule has 1 aliphatic rings. The largest absolute Gasteiger partial charge is 0.353 e. The maximum atomic E-state index is 11.8. The van der Waals surface area contributed by atoms with Gasteiger partial charge in [0.2, 0.25) is 5.91 Å². The highest BCUT2D eigenvalue weighted by molar-refractivity contribution is 8.00. The standard InChI is InChI=1S/C14H20N2OS/c1-11-4-2-3-5-13(11)18-10-14(17)16-12-6-8-15-9-7-12/h2-5,12,15H,6-10H2,1H3,(H,16,17). The number of aryl methyl sites for hydroxylation is 1. The van der Waals surface area contributed by atoms with E-state index in [0.29, 0.717) is 11.8 Å². The quantitative estimate of drug-likeness (QED) is 0.817. The first-order valence-electron chi connectivity index (χ1n) is 6.44. The van der Waals surface area contributed by atoms with Gasteiger partial charge in [-0.3, -0.25) is 4.79 Å². The Morgan fingerprint density at radius 1 is 1.39 bits per heavy atom. The van der Waals surface area contributed by atoms with Crippen molar-refractivity contribution >= 4 is 17.7 Å². The normalized spacial score (nSPS) is 16.5. The molecule has 1 amide bonds. The third kappa shape index (κ3) is 4.03. The summed E-state index contributed by atoms with van der Waals surface area (Å²) in [6, 6.07) is 8.54. The van der Waals surface area contributed by atoms with Crippen LogP contribution in [0.4, 0.5) is 0 Å². The van der Waals surface area contributed by atoms with Gasteiger partial charge in [0.1, 0.15) is 0 Å². The lowest BCUT2D eigenvalue weighted by Crippen LogP contribution is -2.43. The molecule has 1 aromatic rings. The first kappa shape index (κ1) is 13.4. The molecule has 1 fully saturated rings. The number of nitrogens with one attached hydrogen (secondary N) is 2. The van der Waals surface area contributed by atoms with Crippen LogP contribution in [0, 0.1) is 6.92 Å². The van der Waals surface area contributed by atoms with Gasteiger partial charge in [-0.2, -0.15) is 0 Å². The van der Waals surface area contributed by atoms with Crippen LogP contribution in [0.1, 0.15) is 18.4 Å². The van der Waals surface area contributed by atoms with Gasteiger partial charge in [0.15, 0.2) is 0 Å². The van der Waals surface area contributed by atoms with E-state index in [1.165, 1.54) is 10.5 Å². The third-order valence-corrected chi connectivity index (χ3v) is 4.33. The summed E-state index contributed by atoms with van der Waals surface area (Å²) < 4.78 is 0. The molecule has 0 aromatic heterocycles. The van der Waals surface area contributed by atoms with Crippen LogP contribution in [0.25, 0.3) is 0 Å². The number of amides is 1. The van der Waals surface area contributed by atoms with Gasteiger partial charge in [0.05, 0.1) is 5.75 Å². The number of rotatable bonds is 4. The van der Waals surface area contributed by atoms with Crippen molar-refractivity contribution in [1.82, 2.24) is 10.6 Å². The highest BCUT2D eigenvalue weighted by Gasteiger charge is 2.15. The summed E-state index contributed by atoms with van der Waals surface area (Å²) in [5.41, 5.74) is 1.23. The second-order valence-electron chi connectivity index (χ2n) is 4.65. The average molecular weight is 264 g/mol. The molecule has 0 radical (unpaired) electrons. The molecule has 0 spiro atoms. The summed E-state index contributed by atoms with van der Waals surface area (Å²) in [6.07, 6.45) is 2.08. The number of carbonyl (C=O) groups is 1. The van der Waals surface area contributed by atoms with Gasteiger partial charge >= 0.3 is 0 Å². The van der Waals surface area contributed by atoms with Crippen molar-refractivity contribution in [1.29, 1.82) is 0 Å². The van der Waals surface area contributed by atoms with Crippen LogP contribution in [0.2, 0.25) is 0 Å². The SMILES string of the molecule is Cc1ccccc1SCC(=O)NC1CCNCC1. The van der Waals surface area contributed by atoms with Gasteiger partial charge in [0.25, 0.3) is 0 Å². The van der Waals surface area contributed by atoms with Crippen molar-refractivity contribution in [2.45, 2.75) is 30.7 Å². The van der Waals surface area contributed by atoms with Gasteiger partial charge in [0, 0.05) is 10.9 Å². The molecule has 2 rings (SSSR count). The highest BCUT2D eigenvalue weighted by Crippen LogP contribution is 2.21. The Hall–Kier alpha value is -1.00. The minimum Gasteiger partial charge on any atom is -0.353 e. The molecular formula is C14H20N2OS. The summed E-state index contributed by atoms with van der Waals surface area (Å²) in [5.74, 6) is 0.657. The lowest BCUT2D eigenvalue weighted by atomic mass is 10.1. The third-order valence-electron chi connectivity index (χ3n) is 3.16. The smallest absolute Gasteiger partial charge is 0.230 e. The van der Waals surface area contributed by atoms with E-state index in [1.54, 1.807) is 11.8 Å². The Labute approximate surface area is 113 Å². The molecule has 0 unspecified atom stereocenters. The Bertz CT molecular complexity index is 403. The van der Waals surface area contributed by atoms with Crippen molar-refractivity contribution in [3.05, 3.63) is 29.8 Å². The summed E-state index contributed by atoms with van der Waals surface area (Å²) in [6.45, 7) is 4.10. The number of piperidine rings is 1. The van der Waals surface area contributed by atoms with E-state index in [9.17, 15) is 4.79 Å². The zero-order chi connectivity index (χ0) is 12.8. The Morgan fingerprint density at radius 3 is 2.83 bits per heavy atom. The summed E-state index contributed by atoms with van der Waals surface area (Å²) in [7, 11) is 0. The fourth-order valence-corrected chi connectivity index (χ4v) is 2.94. The molecule has 1 aromatic carbocycles.